The van der Waals surface area contributed by atoms with E-state index < -0.39 is 12.1 Å². The summed E-state index contributed by atoms with van der Waals surface area (Å²) >= 11 is 5.83. The van der Waals surface area contributed by atoms with E-state index in [9.17, 15) is 9.90 Å². The van der Waals surface area contributed by atoms with Crippen molar-refractivity contribution in [2.24, 2.45) is 0 Å². The van der Waals surface area contributed by atoms with E-state index >= 15 is 0 Å². The van der Waals surface area contributed by atoms with E-state index in [1.165, 1.54) is 0 Å². The molecule has 0 bridgehead atoms. The van der Waals surface area contributed by atoms with Gasteiger partial charge >= 0.3 is 5.97 Å². The van der Waals surface area contributed by atoms with Crippen molar-refractivity contribution in [2.75, 3.05) is 0 Å². The van der Waals surface area contributed by atoms with Crippen LogP contribution in [0.15, 0.2) is 42.5 Å². The van der Waals surface area contributed by atoms with Crippen LogP contribution in [0.4, 0.5) is 0 Å². The molecule has 0 aliphatic heterocycles. The third kappa shape index (κ3) is 4.23. The molecular formula is C17H17ClO3. The molecule has 2 aromatic carbocycles. The van der Waals surface area contributed by atoms with Crippen molar-refractivity contribution in [1.29, 1.82) is 0 Å². The average Bonchev–Trinajstić information content (AvgIpc) is 2.44. The van der Waals surface area contributed by atoms with Crippen molar-refractivity contribution in [3.05, 3.63) is 64.2 Å². The molecule has 0 fully saturated rings. The Labute approximate surface area is 129 Å². The Morgan fingerprint density at radius 2 is 1.81 bits per heavy atom. The van der Waals surface area contributed by atoms with E-state index in [1.54, 1.807) is 18.2 Å². The summed E-state index contributed by atoms with van der Waals surface area (Å²) in [5, 5.41) is 9.95. The quantitative estimate of drug-likeness (QED) is 0.907. The van der Waals surface area contributed by atoms with Gasteiger partial charge in [0.2, 0.25) is 0 Å². The van der Waals surface area contributed by atoms with Gasteiger partial charge in [-0.2, -0.15) is 0 Å². The van der Waals surface area contributed by atoms with Crippen LogP contribution < -0.4 is 4.74 Å². The minimum absolute atomic E-state index is 0.291. The number of aryl methyl sites for hydroxylation is 2. The van der Waals surface area contributed by atoms with Crippen LogP contribution in [0.25, 0.3) is 0 Å². The van der Waals surface area contributed by atoms with E-state index in [-0.39, 0.29) is 0 Å². The van der Waals surface area contributed by atoms with Crippen LogP contribution in [0.3, 0.4) is 0 Å². The number of halogens is 1. The average molecular weight is 305 g/mol. The monoisotopic (exact) mass is 304 g/mol. The molecule has 0 aliphatic carbocycles. The van der Waals surface area contributed by atoms with Crippen molar-refractivity contribution in [2.45, 2.75) is 26.4 Å². The highest BCUT2D eigenvalue weighted by Gasteiger charge is 2.20. The van der Waals surface area contributed by atoms with E-state index in [0.717, 1.165) is 16.7 Å². The SMILES string of the molecule is Cc1ccc(O[C@H](Cc2ccc(Cl)cc2)C(=O)O)cc1C. The fourth-order valence-electron chi connectivity index (χ4n) is 1.97. The predicted molar refractivity (Wildman–Crippen MR) is 83.1 cm³/mol. The molecule has 0 aliphatic rings. The molecule has 0 spiro atoms. The van der Waals surface area contributed by atoms with Crippen LogP contribution in [0, 0.1) is 13.8 Å². The lowest BCUT2D eigenvalue weighted by Gasteiger charge is -2.16. The third-order valence-electron chi connectivity index (χ3n) is 3.37. The number of aliphatic carboxylic acids is 1. The van der Waals surface area contributed by atoms with E-state index in [2.05, 4.69) is 0 Å². The standard InChI is InChI=1S/C17H17ClO3/c1-11-3-8-15(9-12(11)2)21-16(17(19)20)10-13-4-6-14(18)7-5-13/h3-9,16H,10H2,1-2H3,(H,19,20)/t16-/m1/s1. The Bertz CT molecular complexity index is 635. The molecule has 4 heteroatoms. The topological polar surface area (TPSA) is 46.5 Å². The Balaban J connectivity index is 2.13. The molecule has 1 atom stereocenters. The van der Waals surface area contributed by atoms with Crippen LogP contribution >= 0.6 is 11.6 Å². The molecule has 2 rings (SSSR count). The maximum atomic E-state index is 11.4. The van der Waals surface area contributed by atoms with Gasteiger partial charge < -0.3 is 9.84 Å². The van der Waals surface area contributed by atoms with Gasteiger partial charge in [-0.1, -0.05) is 29.8 Å². The summed E-state index contributed by atoms with van der Waals surface area (Å²) in [6, 6.07) is 12.7. The number of hydrogen-bond donors (Lipinski definition) is 1. The van der Waals surface area contributed by atoms with Gasteiger partial charge in [-0.25, -0.2) is 4.79 Å². The first-order chi connectivity index (χ1) is 9.95. The van der Waals surface area contributed by atoms with Gasteiger partial charge in [-0.3, -0.25) is 0 Å². The summed E-state index contributed by atoms with van der Waals surface area (Å²) < 4.78 is 5.61. The van der Waals surface area contributed by atoms with Crippen LogP contribution in [0.1, 0.15) is 16.7 Å². The molecule has 110 valence electrons. The van der Waals surface area contributed by atoms with Gasteiger partial charge in [0.15, 0.2) is 6.10 Å². The molecule has 2 aromatic rings. The molecule has 0 unspecified atom stereocenters. The highest BCUT2D eigenvalue weighted by molar-refractivity contribution is 6.30. The van der Waals surface area contributed by atoms with Crippen molar-refractivity contribution in [1.82, 2.24) is 0 Å². The summed E-state index contributed by atoms with van der Waals surface area (Å²) in [5.41, 5.74) is 3.09. The lowest BCUT2D eigenvalue weighted by Crippen LogP contribution is -2.29. The van der Waals surface area contributed by atoms with Crippen molar-refractivity contribution < 1.29 is 14.6 Å². The Kier molecular flexibility index (Phi) is 4.86. The van der Waals surface area contributed by atoms with E-state index in [1.807, 2.05) is 38.1 Å². The molecular weight excluding hydrogens is 288 g/mol. The first kappa shape index (κ1) is 15.4. The summed E-state index contributed by atoms with van der Waals surface area (Å²) in [6.45, 7) is 3.97. The number of rotatable bonds is 5. The molecule has 0 radical (unpaired) electrons. The zero-order valence-electron chi connectivity index (χ0n) is 12.0. The first-order valence-corrected chi connectivity index (χ1v) is 7.04. The van der Waals surface area contributed by atoms with Crippen LogP contribution in [-0.4, -0.2) is 17.2 Å². The molecule has 0 saturated carbocycles. The maximum Gasteiger partial charge on any atom is 0.345 e. The molecule has 0 heterocycles. The van der Waals surface area contributed by atoms with E-state index in [4.69, 9.17) is 16.3 Å². The van der Waals surface area contributed by atoms with Crippen LogP contribution in [0.5, 0.6) is 5.75 Å². The molecule has 1 N–H and O–H groups in total. The van der Waals surface area contributed by atoms with Gasteiger partial charge in [-0.15, -0.1) is 0 Å². The molecule has 0 aromatic heterocycles. The minimum atomic E-state index is -0.983. The normalized spacial score (nSPS) is 12.0. The first-order valence-electron chi connectivity index (χ1n) is 6.67. The second-order valence-corrected chi connectivity index (χ2v) is 5.46. The smallest absolute Gasteiger partial charge is 0.345 e. The fourth-order valence-corrected chi connectivity index (χ4v) is 2.09. The van der Waals surface area contributed by atoms with Gasteiger partial charge in [0, 0.05) is 11.4 Å². The summed E-state index contributed by atoms with van der Waals surface area (Å²) in [5.74, 6) is -0.414. The Morgan fingerprint density at radius 3 is 2.38 bits per heavy atom. The predicted octanol–water partition coefficient (Wildman–Crippen LogP) is 4.03. The fraction of sp³-hybridized carbons (Fsp3) is 0.235. The van der Waals surface area contributed by atoms with Gasteiger partial charge in [-0.05, 0) is 54.8 Å². The number of benzene rings is 2. The number of carbonyl (C=O) groups is 1. The number of ether oxygens (including phenoxy) is 1. The Morgan fingerprint density at radius 1 is 1.14 bits per heavy atom. The molecule has 0 amide bonds. The summed E-state index contributed by atoms with van der Waals surface area (Å²) in [6.07, 6.45) is -0.632. The second-order valence-electron chi connectivity index (χ2n) is 5.02. The van der Waals surface area contributed by atoms with Crippen molar-refractivity contribution in [3.8, 4) is 5.75 Å². The molecule has 3 nitrogen and oxygen atoms in total. The lowest BCUT2D eigenvalue weighted by molar-refractivity contribution is -0.145. The summed E-state index contributed by atoms with van der Waals surface area (Å²) in [7, 11) is 0. The second kappa shape index (κ2) is 6.64. The molecule has 0 saturated heterocycles. The highest BCUT2D eigenvalue weighted by atomic mass is 35.5. The third-order valence-corrected chi connectivity index (χ3v) is 3.62. The van der Waals surface area contributed by atoms with Gasteiger partial charge in [0.1, 0.15) is 5.75 Å². The number of carboxylic acid groups (broad SMARTS) is 1. The number of carboxylic acids is 1. The minimum Gasteiger partial charge on any atom is -0.478 e. The zero-order valence-corrected chi connectivity index (χ0v) is 12.7. The van der Waals surface area contributed by atoms with Crippen LogP contribution in [0.2, 0.25) is 5.02 Å². The van der Waals surface area contributed by atoms with Crippen molar-refractivity contribution in [3.63, 3.8) is 0 Å². The zero-order chi connectivity index (χ0) is 15.4. The maximum absolute atomic E-state index is 11.4. The number of hydrogen-bond acceptors (Lipinski definition) is 2. The largest absolute Gasteiger partial charge is 0.478 e. The van der Waals surface area contributed by atoms with Crippen molar-refractivity contribution >= 4 is 17.6 Å². The Hall–Kier alpha value is -2.00. The lowest BCUT2D eigenvalue weighted by atomic mass is 10.1. The van der Waals surface area contributed by atoms with Crippen LogP contribution in [-0.2, 0) is 11.2 Å². The highest BCUT2D eigenvalue weighted by Crippen LogP contribution is 2.19. The van der Waals surface area contributed by atoms with Gasteiger partial charge in [0.05, 0.1) is 0 Å². The van der Waals surface area contributed by atoms with E-state index in [0.29, 0.717) is 17.2 Å². The summed E-state index contributed by atoms with van der Waals surface area (Å²) in [4.78, 5) is 11.4. The molecule has 21 heavy (non-hydrogen) atoms. The van der Waals surface area contributed by atoms with Gasteiger partial charge in [0.25, 0.3) is 0 Å².